The molecule has 3 rings (SSSR count). The second kappa shape index (κ2) is 4.81. The van der Waals surface area contributed by atoms with Crippen LogP contribution < -0.4 is 5.73 Å². The Kier molecular flexibility index (Phi) is 2.99. The van der Waals surface area contributed by atoms with E-state index in [1.54, 1.807) is 23.0 Å². The highest BCUT2D eigenvalue weighted by Crippen LogP contribution is 2.27. The topological polar surface area (TPSA) is 43.8 Å². The van der Waals surface area contributed by atoms with Crippen molar-refractivity contribution >= 4 is 5.82 Å². The van der Waals surface area contributed by atoms with Gasteiger partial charge in [-0.05, 0) is 36.8 Å². The van der Waals surface area contributed by atoms with Crippen molar-refractivity contribution in [1.82, 2.24) is 9.78 Å². The number of hydrogen-bond acceptors (Lipinski definition) is 2. The fourth-order valence-corrected chi connectivity index (χ4v) is 2.10. The maximum Gasteiger partial charge on any atom is 0.135 e. The summed E-state index contributed by atoms with van der Waals surface area (Å²) in [5, 5.41) is 4.28. The molecule has 0 aliphatic carbocycles. The molecule has 4 heteroatoms. The lowest BCUT2D eigenvalue weighted by atomic mass is 10.1. The highest BCUT2D eigenvalue weighted by molar-refractivity contribution is 5.74. The molecule has 0 amide bonds. The van der Waals surface area contributed by atoms with Gasteiger partial charge in [0.2, 0.25) is 0 Å². The van der Waals surface area contributed by atoms with Gasteiger partial charge in [-0.2, -0.15) is 5.10 Å². The Labute approximate surface area is 116 Å². The molecule has 2 aromatic carbocycles. The van der Waals surface area contributed by atoms with Crippen LogP contribution in [0.3, 0.4) is 0 Å². The first-order chi connectivity index (χ1) is 9.65. The summed E-state index contributed by atoms with van der Waals surface area (Å²) in [6, 6.07) is 14.2. The molecule has 100 valence electrons. The molecule has 0 aliphatic heterocycles. The normalized spacial score (nSPS) is 10.7. The first kappa shape index (κ1) is 12.4. The van der Waals surface area contributed by atoms with Crippen LogP contribution in [-0.2, 0) is 0 Å². The maximum atomic E-state index is 13.0. The van der Waals surface area contributed by atoms with Crippen LogP contribution in [0.4, 0.5) is 10.2 Å². The fourth-order valence-electron chi connectivity index (χ4n) is 2.10. The van der Waals surface area contributed by atoms with E-state index in [1.807, 2.05) is 31.2 Å². The molecular weight excluding hydrogens is 253 g/mol. The Morgan fingerprint density at radius 1 is 1.00 bits per heavy atom. The average molecular weight is 267 g/mol. The molecule has 20 heavy (non-hydrogen) atoms. The minimum atomic E-state index is -0.279. The molecule has 0 saturated carbocycles. The van der Waals surface area contributed by atoms with E-state index in [9.17, 15) is 4.39 Å². The van der Waals surface area contributed by atoms with E-state index in [0.717, 1.165) is 16.8 Å². The molecule has 3 aromatic rings. The van der Waals surface area contributed by atoms with Gasteiger partial charge in [-0.1, -0.05) is 29.8 Å². The third kappa shape index (κ3) is 2.16. The van der Waals surface area contributed by atoms with Crippen molar-refractivity contribution in [2.75, 3.05) is 5.73 Å². The molecule has 0 aliphatic rings. The lowest BCUT2D eigenvalue weighted by Crippen LogP contribution is -2.02. The number of benzene rings is 2. The summed E-state index contributed by atoms with van der Waals surface area (Å²) in [7, 11) is 0. The molecule has 1 heterocycles. The third-order valence-electron chi connectivity index (χ3n) is 3.24. The summed E-state index contributed by atoms with van der Waals surface area (Å²) in [4.78, 5) is 0. The molecule has 0 saturated heterocycles. The molecule has 0 atom stereocenters. The van der Waals surface area contributed by atoms with Gasteiger partial charge in [-0.3, -0.25) is 0 Å². The summed E-state index contributed by atoms with van der Waals surface area (Å²) >= 11 is 0. The average Bonchev–Trinajstić information content (AvgIpc) is 2.83. The van der Waals surface area contributed by atoms with Gasteiger partial charge in [0.1, 0.15) is 11.6 Å². The molecule has 2 N–H and O–H groups in total. The van der Waals surface area contributed by atoms with Crippen LogP contribution in [0.25, 0.3) is 16.8 Å². The van der Waals surface area contributed by atoms with Gasteiger partial charge < -0.3 is 5.73 Å². The smallest absolute Gasteiger partial charge is 0.135 e. The third-order valence-corrected chi connectivity index (χ3v) is 3.24. The molecular formula is C16H14FN3. The Morgan fingerprint density at radius 2 is 1.65 bits per heavy atom. The van der Waals surface area contributed by atoms with Gasteiger partial charge in [0, 0.05) is 5.56 Å². The van der Waals surface area contributed by atoms with Crippen LogP contribution in [0.2, 0.25) is 0 Å². The minimum absolute atomic E-state index is 0.279. The van der Waals surface area contributed by atoms with Crippen molar-refractivity contribution in [3.05, 3.63) is 66.1 Å². The monoisotopic (exact) mass is 267 g/mol. The van der Waals surface area contributed by atoms with Crippen molar-refractivity contribution in [2.45, 2.75) is 6.92 Å². The summed E-state index contributed by atoms with van der Waals surface area (Å²) in [6.07, 6.45) is 1.73. The summed E-state index contributed by atoms with van der Waals surface area (Å²) < 4.78 is 14.6. The van der Waals surface area contributed by atoms with Crippen molar-refractivity contribution in [3.63, 3.8) is 0 Å². The van der Waals surface area contributed by atoms with Gasteiger partial charge in [0.15, 0.2) is 0 Å². The van der Waals surface area contributed by atoms with Crippen molar-refractivity contribution in [1.29, 1.82) is 0 Å². The highest BCUT2D eigenvalue weighted by atomic mass is 19.1. The second-order valence-electron chi connectivity index (χ2n) is 4.70. The fraction of sp³-hybridized carbons (Fsp3) is 0.0625. The van der Waals surface area contributed by atoms with E-state index in [1.165, 1.54) is 17.7 Å². The highest BCUT2D eigenvalue weighted by Gasteiger charge is 2.10. The largest absolute Gasteiger partial charge is 0.383 e. The van der Waals surface area contributed by atoms with Gasteiger partial charge in [0.05, 0.1) is 11.9 Å². The lowest BCUT2D eigenvalue weighted by Gasteiger charge is -2.05. The number of aryl methyl sites for hydroxylation is 1. The van der Waals surface area contributed by atoms with Crippen LogP contribution in [0.1, 0.15) is 5.56 Å². The predicted octanol–water partition coefficient (Wildman–Crippen LogP) is 3.57. The summed E-state index contributed by atoms with van der Waals surface area (Å²) in [6.45, 7) is 2.04. The first-order valence-electron chi connectivity index (χ1n) is 6.31. The molecule has 3 nitrogen and oxygen atoms in total. The number of aromatic nitrogens is 2. The molecule has 0 unspecified atom stereocenters. The quantitative estimate of drug-likeness (QED) is 0.771. The Hall–Kier alpha value is -2.62. The van der Waals surface area contributed by atoms with Crippen LogP contribution in [0.15, 0.2) is 54.7 Å². The van der Waals surface area contributed by atoms with E-state index in [0.29, 0.717) is 5.82 Å². The van der Waals surface area contributed by atoms with Crippen molar-refractivity contribution in [3.8, 4) is 16.8 Å². The maximum absolute atomic E-state index is 13.0. The Bertz CT molecular complexity index is 664. The number of halogens is 1. The van der Waals surface area contributed by atoms with Gasteiger partial charge in [-0.25, -0.2) is 9.07 Å². The van der Waals surface area contributed by atoms with Crippen LogP contribution in [0.5, 0.6) is 0 Å². The molecule has 0 fully saturated rings. The zero-order chi connectivity index (χ0) is 14.1. The zero-order valence-corrected chi connectivity index (χ0v) is 11.0. The Morgan fingerprint density at radius 3 is 2.30 bits per heavy atom. The molecule has 0 radical (unpaired) electrons. The minimum Gasteiger partial charge on any atom is -0.383 e. The summed E-state index contributed by atoms with van der Waals surface area (Å²) in [5.74, 6) is 0.263. The second-order valence-corrected chi connectivity index (χ2v) is 4.70. The van der Waals surface area contributed by atoms with Gasteiger partial charge in [0.25, 0.3) is 0 Å². The number of anilines is 1. The van der Waals surface area contributed by atoms with E-state index >= 15 is 0 Å². The SMILES string of the molecule is Cc1ccc(-c2cnn(-c3ccc(F)cc3)c2N)cc1. The van der Waals surface area contributed by atoms with E-state index in [-0.39, 0.29) is 5.82 Å². The van der Waals surface area contributed by atoms with Gasteiger partial charge in [-0.15, -0.1) is 0 Å². The molecule has 1 aromatic heterocycles. The van der Waals surface area contributed by atoms with E-state index in [4.69, 9.17) is 5.73 Å². The van der Waals surface area contributed by atoms with Crippen molar-refractivity contribution in [2.24, 2.45) is 0 Å². The van der Waals surface area contributed by atoms with Crippen LogP contribution in [0, 0.1) is 12.7 Å². The summed E-state index contributed by atoms with van der Waals surface area (Å²) in [5.41, 5.74) is 9.97. The molecule has 0 spiro atoms. The van der Waals surface area contributed by atoms with Crippen LogP contribution in [-0.4, -0.2) is 9.78 Å². The zero-order valence-electron chi connectivity index (χ0n) is 11.0. The standard InChI is InChI=1S/C16H14FN3/c1-11-2-4-12(5-3-11)15-10-19-20(16(15)18)14-8-6-13(17)7-9-14/h2-10H,18H2,1H3. The lowest BCUT2D eigenvalue weighted by molar-refractivity contribution is 0.627. The number of nitrogen functional groups attached to an aromatic ring is 1. The molecule has 0 bridgehead atoms. The van der Waals surface area contributed by atoms with E-state index < -0.39 is 0 Å². The number of nitrogens with two attached hydrogens (primary N) is 1. The number of nitrogens with zero attached hydrogens (tertiary/aromatic N) is 2. The van der Waals surface area contributed by atoms with E-state index in [2.05, 4.69) is 5.10 Å². The first-order valence-corrected chi connectivity index (χ1v) is 6.31. The van der Waals surface area contributed by atoms with Crippen LogP contribution >= 0.6 is 0 Å². The number of hydrogen-bond donors (Lipinski definition) is 1. The van der Waals surface area contributed by atoms with Crippen molar-refractivity contribution < 1.29 is 4.39 Å². The van der Waals surface area contributed by atoms with Gasteiger partial charge >= 0.3 is 0 Å². The Balaban J connectivity index is 2.04. The number of rotatable bonds is 2. The predicted molar refractivity (Wildman–Crippen MR) is 78.1 cm³/mol.